The highest BCUT2D eigenvalue weighted by atomic mass is 32.2. The first-order chi connectivity index (χ1) is 16.6. The number of hydrogen-bond donors (Lipinski definition) is 1. The first kappa shape index (κ1) is 22.9. The van der Waals surface area contributed by atoms with Crippen LogP contribution in [0.2, 0.25) is 0 Å². The molecule has 2 aliphatic carbocycles. The Hall–Kier alpha value is -2.91. The van der Waals surface area contributed by atoms with Crippen LogP contribution in [0.25, 0.3) is 0 Å². The Kier molecular flexibility index (Phi) is 6.56. The van der Waals surface area contributed by atoms with Crippen molar-refractivity contribution in [3.63, 3.8) is 0 Å². The number of nitrogens with zero attached hydrogens (tertiary/aromatic N) is 3. The summed E-state index contributed by atoms with van der Waals surface area (Å²) in [7, 11) is 1.37. The minimum Gasteiger partial charge on any atom is -0.465 e. The number of benzene rings is 1. The Morgan fingerprint density at radius 1 is 1.26 bits per heavy atom. The number of anilines is 1. The zero-order chi connectivity index (χ0) is 23.7. The molecule has 0 spiro atoms. The summed E-state index contributed by atoms with van der Waals surface area (Å²) in [6.07, 6.45) is 5.69. The van der Waals surface area contributed by atoms with Crippen LogP contribution in [0.15, 0.2) is 48.1 Å². The second-order valence-electron chi connectivity index (χ2n) is 8.49. The molecule has 2 aliphatic rings. The van der Waals surface area contributed by atoms with Gasteiger partial charge in [-0.25, -0.2) is 4.79 Å². The number of carbonyl (C=O) groups excluding carboxylic acids is 2. The molecule has 1 aromatic carbocycles. The minimum atomic E-state index is -0.393. The average molecular weight is 495 g/mol. The lowest BCUT2D eigenvalue weighted by Crippen LogP contribution is -2.16. The fourth-order valence-electron chi connectivity index (χ4n) is 4.63. The molecule has 9 heteroatoms. The van der Waals surface area contributed by atoms with Crippen LogP contribution in [-0.2, 0) is 28.9 Å². The normalized spacial score (nSPS) is 18.4. The van der Waals surface area contributed by atoms with E-state index in [-0.39, 0.29) is 11.7 Å². The van der Waals surface area contributed by atoms with Gasteiger partial charge in [-0.15, -0.1) is 28.1 Å². The number of fused-ring (bicyclic) bond motifs is 1. The second-order valence-corrected chi connectivity index (χ2v) is 10.5. The third-order valence-electron chi connectivity index (χ3n) is 6.30. The van der Waals surface area contributed by atoms with Crippen LogP contribution in [0.5, 0.6) is 0 Å². The van der Waals surface area contributed by atoms with Crippen LogP contribution < -0.4 is 5.32 Å². The number of allylic oxidation sites excluding steroid dienone is 1. The third kappa shape index (κ3) is 4.42. The molecular weight excluding hydrogens is 468 g/mol. The SMILES string of the molecule is C=CCn1c(SCC(=O)Nc2sc3c(c2C(=O)OC)CCC3)nnc1C1CC1c1ccccc1. The van der Waals surface area contributed by atoms with E-state index in [9.17, 15) is 9.59 Å². The van der Waals surface area contributed by atoms with E-state index >= 15 is 0 Å². The number of aryl methyl sites for hydroxylation is 1. The quantitative estimate of drug-likeness (QED) is 0.261. The molecule has 7 nitrogen and oxygen atoms in total. The number of thioether (sulfide) groups is 1. The van der Waals surface area contributed by atoms with Crippen LogP contribution in [-0.4, -0.2) is 39.5 Å². The Balaban J connectivity index is 1.27. The summed E-state index contributed by atoms with van der Waals surface area (Å²) in [4.78, 5) is 26.3. The third-order valence-corrected chi connectivity index (χ3v) is 8.48. The lowest BCUT2D eigenvalue weighted by molar-refractivity contribution is -0.113. The Morgan fingerprint density at radius 2 is 2.09 bits per heavy atom. The number of amides is 1. The van der Waals surface area contributed by atoms with E-state index in [2.05, 4.69) is 50.9 Å². The van der Waals surface area contributed by atoms with Gasteiger partial charge < -0.3 is 14.6 Å². The summed E-state index contributed by atoms with van der Waals surface area (Å²) in [5.41, 5.74) is 2.85. The van der Waals surface area contributed by atoms with Gasteiger partial charge in [-0.1, -0.05) is 48.2 Å². The molecule has 0 bridgehead atoms. The standard InChI is InChI=1S/C25H26N4O3S2/c1-3-12-29-22(18-13-17(18)15-8-5-4-6-9-15)27-28-25(29)33-14-20(30)26-23-21(24(31)32-2)16-10-7-11-19(16)34-23/h3-6,8-9,17-18H,1,7,10-14H2,2H3,(H,26,30). The number of thiophene rings is 1. The van der Waals surface area contributed by atoms with E-state index in [0.29, 0.717) is 34.1 Å². The molecule has 1 N–H and O–H groups in total. The molecule has 176 valence electrons. The molecule has 34 heavy (non-hydrogen) atoms. The number of esters is 1. The average Bonchev–Trinajstić information content (AvgIpc) is 3.15. The molecule has 1 saturated carbocycles. The van der Waals surface area contributed by atoms with Crippen molar-refractivity contribution in [2.45, 2.75) is 49.2 Å². The van der Waals surface area contributed by atoms with Crippen LogP contribution in [0.4, 0.5) is 5.00 Å². The Morgan fingerprint density at radius 3 is 2.85 bits per heavy atom. The van der Waals surface area contributed by atoms with E-state index in [0.717, 1.165) is 41.9 Å². The highest BCUT2D eigenvalue weighted by Gasteiger charge is 2.43. The molecule has 3 aromatic rings. The number of carbonyl (C=O) groups is 2. The smallest absolute Gasteiger partial charge is 0.341 e. The van der Waals surface area contributed by atoms with Crippen molar-refractivity contribution >= 4 is 40.0 Å². The van der Waals surface area contributed by atoms with Gasteiger partial charge in [-0.3, -0.25) is 4.79 Å². The van der Waals surface area contributed by atoms with Gasteiger partial charge in [0.15, 0.2) is 5.16 Å². The first-order valence-electron chi connectivity index (χ1n) is 11.3. The predicted molar refractivity (Wildman–Crippen MR) is 134 cm³/mol. The van der Waals surface area contributed by atoms with Crippen molar-refractivity contribution in [1.82, 2.24) is 14.8 Å². The number of rotatable bonds is 9. The van der Waals surface area contributed by atoms with Gasteiger partial charge in [0.1, 0.15) is 10.8 Å². The number of ether oxygens (including phenoxy) is 1. The fourth-order valence-corrected chi connectivity index (χ4v) is 6.68. The highest BCUT2D eigenvalue weighted by molar-refractivity contribution is 7.99. The molecule has 2 aromatic heterocycles. The highest BCUT2D eigenvalue weighted by Crippen LogP contribution is 2.54. The van der Waals surface area contributed by atoms with Gasteiger partial charge in [0, 0.05) is 17.3 Å². The number of aromatic nitrogens is 3. The maximum absolute atomic E-state index is 12.8. The number of nitrogens with one attached hydrogen (secondary N) is 1. The molecule has 5 rings (SSSR count). The van der Waals surface area contributed by atoms with E-state index in [1.54, 1.807) is 0 Å². The van der Waals surface area contributed by atoms with Crippen molar-refractivity contribution in [1.29, 1.82) is 0 Å². The minimum absolute atomic E-state index is 0.172. The van der Waals surface area contributed by atoms with Crippen molar-refractivity contribution in [3.05, 3.63) is 70.4 Å². The Bertz CT molecular complexity index is 1230. The van der Waals surface area contributed by atoms with E-state index in [1.807, 2.05) is 12.1 Å². The largest absolute Gasteiger partial charge is 0.465 e. The lowest BCUT2D eigenvalue weighted by atomic mass is 10.1. The second kappa shape index (κ2) is 9.76. The zero-order valence-electron chi connectivity index (χ0n) is 19.0. The molecule has 0 aliphatic heterocycles. The van der Waals surface area contributed by atoms with Crippen molar-refractivity contribution < 1.29 is 14.3 Å². The van der Waals surface area contributed by atoms with Gasteiger partial charge in [0.25, 0.3) is 0 Å². The van der Waals surface area contributed by atoms with E-state index in [1.165, 1.54) is 35.8 Å². The molecule has 0 saturated heterocycles. The topological polar surface area (TPSA) is 86.1 Å². The number of hydrogen-bond acceptors (Lipinski definition) is 7. The van der Waals surface area contributed by atoms with Gasteiger partial charge in [-0.05, 0) is 42.7 Å². The van der Waals surface area contributed by atoms with Crippen molar-refractivity contribution in [3.8, 4) is 0 Å². The first-order valence-corrected chi connectivity index (χ1v) is 13.1. The van der Waals surface area contributed by atoms with Crippen LogP contribution in [0.3, 0.4) is 0 Å². The summed E-state index contributed by atoms with van der Waals surface area (Å²) in [5, 5.41) is 13.1. The molecule has 2 heterocycles. The predicted octanol–water partition coefficient (Wildman–Crippen LogP) is 4.80. The van der Waals surface area contributed by atoms with Crippen LogP contribution in [0, 0.1) is 0 Å². The molecule has 1 fully saturated rings. The van der Waals surface area contributed by atoms with Gasteiger partial charge in [-0.2, -0.15) is 0 Å². The summed E-state index contributed by atoms with van der Waals surface area (Å²) < 4.78 is 7.02. The van der Waals surface area contributed by atoms with Crippen LogP contribution >= 0.6 is 23.1 Å². The molecular formula is C25H26N4O3S2. The molecule has 2 atom stereocenters. The lowest BCUT2D eigenvalue weighted by Gasteiger charge is -2.09. The maximum Gasteiger partial charge on any atom is 0.341 e. The summed E-state index contributed by atoms with van der Waals surface area (Å²) >= 11 is 2.83. The summed E-state index contributed by atoms with van der Waals surface area (Å²) in [5.74, 6) is 1.32. The van der Waals surface area contributed by atoms with Crippen molar-refractivity contribution in [2.24, 2.45) is 0 Å². The van der Waals surface area contributed by atoms with Crippen molar-refractivity contribution in [2.75, 3.05) is 18.2 Å². The molecule has 2 unspecified atom stereocenters. The maximum atomic E-state index is 12.8. The number of methoxy groups -OCH3 is 1. The van der Waals surface area contributed by atoms with E-state index < -0.39 is 5.97 Å². The van der Waals surface area contributed by atoms with Gasteiger partial charge >= 0.3 is 5.97 Å². The fraction of sp³-hybridized carbons (Fsp3) is 0.360. The van der Waals surface area contributed by atoms with Crippen LogP contribution in [0.1, 0.15) is 56.9 Å². The monoisotopic (exact) mass is 494 g/mol. The molecule has 0 radical (unpaired) electrons. The van der Waals surface area contributed by atoms with Gasteiger partial charge in [0.05, 0.1) is 18.4 Å². The molecule has 1 amide bonds. The zero-order valence-corrected chi connectivity index (χ0v) is 20.6. The summed E-state index contributed by atoms with van der Waals surface area (Å²) in [6.45, 7) is 4.47. The Labute approximate surface area is 206 Å². The van der Waals surface area contributed by atoms with Gasteiger partial charge in [0.2, 0.25) is 5.91 Å². The van der Waals surface area contributed by atoms with E-state index in [4.69, 9.17) is 4.74 Å². The summed E-state index contributed by atoms with van der Waals surface area (Å²) in [6, 6.07) is 10.5.